The molecular formula is C9H9N3O3. The molecule has 0 fully saturated rings. The molecule has 0 amide bonds. The van der Waals surface area contributed by atoms with Crippen LogP contribution in [0.4, 0.5) is 0 Å². The van der Waals surface area contributed by atoms with Gasteiger partial charge >= 0.3 is 11.8 Å². The lowest BCUT2D eigenvalue weighted by Gasteiger charge is -2.18. The summed E-state index contributed by atoms with van der Waals surface area (Å²) >= 11 is 0. The molecular weight excluding hydrogens is 198 g/mol. The molecule has 0 saturated carbocycles. The van der Waals surface area contributed by atoms with E-state index in [4.69, 9.17) is 9.52 Å². The number of hydrogen-bond donors (Lipinski definition) is 2. The van der Waals surface area contributed by atoms with E-state index in [-0.39, 0.29) is 0 Å². The molecule has 1 unspecified atom stereocenters. The molecule has 15 heavy (non-hydrogen) atoms. The lowest BCUT2D eigenvalue weighted by Crippen LogP contribution is -2.35. The Morgan fingerprint density at radius 3 is 3.40 bits per heavy atom. The molecule has 0 spiro atoms. The number of aliphatic carboxylic acids is 1. The quantitative estimate of drug-likeness (QED) is 0.698. The second kappa shape index (κ2) is 2.83. The molecule has 6 nitrogen and oxygen atoms in total. The summed E-state index contributed by atoms with van der Waals surface area (Å²) in [5.41, 5.74) is 0.654. The van der Waals surface area contributed by atoms with Gasteiger partial charge in [0.15, 0.2) is 6.04 Å². The van der Waals surface area contributed by atoms with Crippen LogP contribution in [0.5, 0.6) is 0 Å². The summed E-state index contributed by atoms with van der Waals surface area (Å²) in [7, 11) is 0. The Hall–Kier alpha value is -1.82. The molecule has 2 N–H and O–H groups in total. The number of aromatic nitrogens is 2. The van der Waals surface area contributed by atoms with Gasteiger partial charge < -0.3 is 9.52 Å². The number of hydrogen-bond acceptors (Lipinski definition) is 4. The fourth-order valence-corrected chi connectivity index (χ4v) is 1.96. The van der Waals surface area contributed by atoms with Gasteiger partial charge in [0.05, 0.1) is 5.69 Å². The predicted octanol–water partition coefficient (Wildman–Crippen LogP) is 0.199. The zero-order chi connectivity index (χ0) is 10.4. The lowest BCUT2D eigenvalue weighted by atomic mass is 10.1. The van der Waals surface area contributed by atoms with E-state index in [0.29, 0.717) is 30.3 Å². The van der Waals surface area contributed by atoms with Crippen molar-refractivity contribution >= 4 is 11.8 Å². The number of carboxylic acids is 1. The van der Waals surface area contributed by atoms with Crippen molar-refractivity contribution in [1.82, 2.24) is 14.7 Å². The normalized spacial score (nSPS) is 20.4. The van der Waals surface area contributed by atoms with E-state index in [1.54, 1.807) is 16.8 Å². The molecule has 0 aromatic carbocycles. The number of nitrogens with zero attached hydrogens (tertiary/aromatic N) is 2. The standard InChI is InChI=1S/C9H9N3O3/c13-8(14)6-7-5(1-2-10-6)15-9-11-3-4-12(7)9/h3-4,6,10H,1-2H2,(H,13,14). The van der Waals surface area contributed by atoms with Gasteiger partial charge in [-0.05, 0) is 0 Å². The summed E-state index contributed by atoms with van der Waals surface area (Å²) in [6.07, 6.45) is 4.00. The molecule has 1 aliphatic heterocycles. The molecule has 0 saturated heterocycles. The smallest absolute Gasteiger partial charge is 0.327 e. The molecule has 6 heteroatoms. The van der Waals surface area contributed by atoms with Gasteiger partial charge in [0.1, 0.15) is 5.76 Å². The van der Waals surface area contributed by atoms with Crippen LogP contribution in [-0.4, -0.2) is 27.0 Å². The lowest BCUT2D eigenvalue weighted by molar-refractivity contribution is -0.140. The summed E-state index contributed by atoms with van der Waals surface area (Å²) in [4.78, 5) is 15.0. The molecule has 0 bridgehead atoms. The number of imidazole rings is 1. The first kappa shape index (κ1) is 8.49. The van der Waals surface area contributed by atoms with Gasteiger partial charge in [-0.3, -0.25) is 14.5 Å². The minimum absolute atomic E-state index is 0.454. The van der Waals surface area contributed by atoms with E-state index in [2.05, 4.69) is 10.3 Å². The summed E-state index contributed by atoms with van der Waals surface area (Å²) in [6, 6.07) is -0.704. The minimum Gasteiger partial charge on any atom is -0.480 e. The fourth-order valence-electron chi connectivity index (χ4n) is 1.96. The third-order valence-corrected chi connectivity index (χ3v) is 2.59. The van der Waals surface area contributed by atoms with Gasteiger partial charge in [0.2, 0.25) is 0 Å². The summed E-state index contributed by atoms with van der Waals surface area (Å²) in [5.74, 6) is 0.270. The average Bonchev–Trinajstić information content (AvgIpc) is 2.75. The van der Waals surface area contributed by atoms with Crippen LogP contribution in [0.3, 0.4) is 0 Å². The van der Waals surface area contributed by atoms with Crippen LogP contribution in [0, 0.1) is 0 Å². The molecule has 1 atom stereocenters. The number of carbonyl (C=O) groups is 1. The zero-order valence-electron chi connectivity index (χ0n) is 7.80. The molecule has 3 rings (SSSR count). The molecule has 0 aliphatic carbocycles. The maximum absolute atomic E-state index is 11.0. The van der Waals surface area contributed by atoms with Crippen LogP contribution in [0.25, 0.3) is 5.84 Å². The summed E-state index contributed by atoms with van der Waals surface area (Å²) < 4.78 is 7.14. The largest absolute Gasteiger partial charge is 0.480 e. The molecule has 1 aliphatic rings. The Morgan fingerprint density at radius 2 is 2.60 bits per heavy atom. The zero-order valence-corrected chi connectivity index (χ0v) is 7.80. The molecule has 2 aromatic heterocycles. The number of nitrogens with one attached hydrogen (secondary N) is 1. The van der Waals surface area contributed by atoms with Crippen molar-refractivity contribution in [3.8, 4) is 0 Å². The maximum atomic E-state index is 11.0. The number of carboxylic acid groups (broad SMARTS) is 1. The fraction of sp³-hybridized carbons (Fsp3) is 0.333. The summed E-state index contributed by atoms with van der Waals surface area (Å²) in [6.45, 7) is 0.612. The van der Waals surface area contributed by atoms with Crippen molar-refractivity contribution in [2.24, 2.45) is 0 Å². The average molecular weight is 207 g/mol. The highest BCUT2D eigenvalue weighted by molar-refractivity contribution is 5.76. The Balaban J connectivity index is 2.26. The number of oxazole rings is 1. The predicted molar refractivity (Wildman–Crippen MR) is 49.5 cm³/mol. The van der Waals surface area contributed by atoms with Crippen molar-refractivity contribution in [2.75, 3.05) is 6.54 Å². The van der Waals surface area contributed by atoms with Crippen LogP contribution < -0.4 is 5.32 Å². The van der Waals surface area contributed by atoms with Crippen LogP contribution in [0.1, 0.15) is 17.5 Å². The SMILES string of the molecule is O=C(O)C1NCCc2oc3nccn3c21. The van der Waals surface area contributed by atoms with Gasteiger partial charge in [0.25, 0.3) is 0 Å². The van der Waals surface area contributed by atoms with E-state index >= 15 is 0 Å². The third kappa shape index (κ3) is 1.08. The summed E-state index contributed by atoms with van der Waals surface area (Å²) in [5, 5.41) is 12.0. The van der Waals surface area contributed by atoms with Crippen molar-refractivity contribution in [1.29, 1.82) is 0 Å². The maximum Gasteiger partial charge on any atom is 0.327 e. The Morgan fingerprint density at radius 1 is 1.73 bits per heavy atom. The molecule has 2 aromatic rings. The van der Waals surface area contributed by atoms with Crippen LogP contribution in [0.2, 0.25) is 0 Å². The Labute approximate surface area is 84.5 Å². The Kier molecular flexibility index (Phi) is 1.60. The highest BCUT2D eigenvalue weighted by atomic mass is 16.4. The van der Waals surface area contributed by atoms with Crippen LogP contribution >= 0.6 is 0 Å². The number of rotatable bonds is 1. The monoisotopic (exact) mass is 207 g/mol. The highest BCUT2D eigenvalue weighted by Crippen LogP contribution is 2.26. The molecule has 78 valence electrons. The first-order valence-corrected chi connectivity index (χ1v) is 4.68. The topological polar surface area (TPSA) is 79.8 Å². The van der Waals surface area contributed by atoms with Gasteiger partial charge in [-0.25, -0.2) is 4.98 Å². The van der Waals surface area contributed by atoms with Gasteiger partial charge in [-0.15, -0.1) is 0 Å². The van der Waals surface area contributed by atoms with Crippen molar-refractivity contribution in [2.45, 2.75) is 12.5 Å². The van der Waals surface area contributed by atoms with E-state index in [0.717, 1.165) is 0 Å². The number of fused-ring (bicyclic) bond motifs is 3. The van der Waals surface area contributed by atoms with Crippen LogP contribution in [-0.2, 0) is 11.2 Å². The van der Waals surface area contributed by atoms with Gasteiger partial charge in [-0.2, -0.15) is 0 Å². The first-order valence-electron chi connectivity index (χ1n) is 4.68. The van der Waals surface area contributed by atoms with Gasteiger partial charge in [0, 0.05) is 25.4 Å². The van der Waals surface area contributed by atoms with E-state index in [1.807, 2.05) is 0 Å². The minimum atomic E-state index is -0.896. The Bertz CT molecular complexity index is 528. The van der Waals surface area contributed by atoms with Crippen molar-refractivity contribution in [3.63, 3.8) is 0 Å². The molecule has 3 heterocycles. The van der Waals surface area contributed by atoms with E-state index in [9.17, 15) is 4.79 Å². The van der Waals surface area contributed by atoms with Crippen LogP contribution in [0.15, 0.2) is 16.8 Å². The van der Waals surface area contributed by atoms with Gasteiger partial charge in [-0.1, -0.05) is 0 Å². The van der Waals surface area contributed by atoms with Crippen molar-refractivity contribution < 1.29 is 14.3 Å². The van der Waals surface area contributed by atoms with E-state index < -0.39 is 12.0 Å². The second-order valence-electron chi connectivity index (χ2n) is 3.47. The first-order chi connectivity index (χ1) is 7.27. The second-order valence-corrected chi connectivity index (χ2v) is 3.47. The third-order valence-electron chi connectivity index (χ3n) is 2.59. The highest BCUT2D eigenvalue weighted by Gasteiger charge is 2.31. The van der Waals surface area contributed by atoms with Crippen molar-refractivity contribution in [3.05, 3.63) is 23.8 Å². The van der Waals surface area contributed by atoms with E-state index in [1.165, 1.54) is 0 Å². The molecule has 0 radical (unpaired) electrons.